The minimum atomic E-state index is -3.83. The number of carbonyl (C=O) groups is 3. The van der Waals surface area contributed by atoms with E-state index in [-0.39, 0.29) is 31.2 Å². The van der Waals surface area contributed by atoms with Crippen LogP contribution in [-0.4, -0.2) is 71.5 Å². The largest absolute Gasteiger partial charge is 0.488 e. The summed E-state index contributed by atoms with van der Waals surface area (Å²) < 4.78 is 34.3. The zero-order valence-electron chi connectivity index (χ0n) is 26.7. The van der Waals surface area contributed by atoms with E-state index in [1.165, 1.54) is 0 Å². The quantitative estimate of drug-likeness (QED) is 0.319. The second kappa shape index (κ2) is 13.2. The lowest BCUT2D eigenvalue weighted by Gasteiger charge is -2.30. The Labute approximate surface area is 280 Å². The first-order valence-corrected chi connectivity index (χ1v) is 18.5. The molecule has 1 saturated heterocycles. The summed E-state index contributed by atoms with van der Waals surface area (Å²) in [7, 11) is -3.83. The first-order chi connectivity index (χ1) is 23.2. The number of nitrogens with zero attached hydrogens (tertiary/aromatic N) is 2. The number of hydrogen-bond acceptors (Lipinski definition) is 8. The molecule has 252 valence electrons. The minimum Gasteiger partial charge on any atom is -0.488 e. The SMILES string of the molecule is O=C1N[C@]2(C(=O)NS(=O)(=O)C3CC3)C[C@H]2/C=C\CCCCC[C@H](Nc2ccccc2)C(=O)N2C[C@H](Oc3ccnc4ccccc34)C[C@@H]12. The maximum atomic E-state index is 14.4. The summed E-state index contributed by atoms with van der Waals surface area (Å²) in [5.74, 6) is -1.20. The predicted molar refractivity (Wildman–Crippen MR) is 181 cm³/mol. The minimum absolute atomic E-state index is 0.166. The standard InChI is InChI=1S/C36H41N5O6S/c42-33-31-21-26(47-32-19-20-37-29-15-10-9-14-28(29)32)23-41(31)34(43)30(38-25-12-6-4-7-13-25)16-8-3-1-2-5-11-24-22-36(24,39-33)35(44)40-48(45,46)27-17-18-27/h4-7,9-15,19-20,24,26-27,30-31,38H,1-3,8,16-18,21-23H2,(H,39,42)(H,40,44)/b11-5-/t24-,26-,30+,31+,36-/m1/s1. The van der Waals surface area contributed by atoms with Crippen LogP contribution in [0.4, 0.5) is 5.69 Å². The van der Waals surface area contributed by atoms with Crippen LogP contribution in [0.1, 0.15) is 57.8 Å². The Balaban J connectivity index is 1.19. The van der Waals surface area contributed by atoms with Gasteiger partial charge >= 0.3 is 0 Å². The summed E-state index contributed by atoms with van der Waals surface area (Å²) in [6.45, 7) is 0.166. The number of carbonyl (C=O) groups excluding carboxylic acids is 3. The number of anilines is 1. The average molecular weight is 672 g/mol. The second-order valence-electron chi connectivity index (χ2n) is 13.4. The molecular formula is C36H41N5O6S. The van der Waals surface area contributed by atoms with E-state index >= 15 is 0 Å². The molecule has 4 aliphatic rings. The number of para-hydroxylation sites is 2. The molecule has 48 heavy (non-hydrogen) atoms. The van der Waals surface area contributed by atoms with Crippen LogP contribution in [0.3, 0.4) is 0 Å². The Bertz CT molecular complexity index is 1830. The van der Waals surface area contributed by atoms with Crippen LogP contribution >= 0.6 is 0 Å². The van der Waals surface area contributed by atoms with E-state index in [4.69, 9.17) is 4.74 Å². The number of amides is 3. The molecule has 5 atom stereocenters. The van der Waals surface area contributed by atoms with Crippen LogP contribution in [0.25, 0.3) is 10.9 Å². The molecule has 2 aromatic carbocycles. The molecule has 0 bridgehead atoms. The lowest BCUT2D eigenvalue weighted by molar-refractivity contribution is -0.140. The molecular weight excluding hydrogens is 630 g/mol. The van der Waals surface area contributed by atoms with Crippen molar-refractivity contribution in [3.8, 4) is 5.75 Å². The first kappa shape index (κ1) is 32.1. The van der Waals surface area contributed by atoms with Crippen LogP contribution in [0.15, 0.2) is 79.0 Å². The highest BCUT2D eigenvalue weighted by Gasteiger charge is 2.62. The van der Waals surface area contributed by atoms with Crippen molar-refractivity contribution in [2.45, 2.75) is 86.8 Å². The molecule has 3 amide bonds. The monoisotopic (exact) mass is 671 g/mol. The smallest absolute Gasteiger partial charge is 0.259 e. The highest BCUT2D eigenvalue weighted by atomic mass is 32.2. The number of pyridine rings is 1. The average Bonchev–Trinajstić information content (AvgIpc) is 4.01. The third-order valence-corrected chi connectivity index (χ3v) is 11.7. The molecule has 2 saturated carbocycles. The maximum Gasteiger partial charge on any atom is 0.259 e. The Morgan fingerprint density at radius 1 is 0.979 bits per heavy atom. The van der Waals surface area contributed by atoms with Gasteiger partial charge in [-0.15, -0.1) is 0 Å². The number of benzene rings is 2. The highest BCUT2D eigenvalue weighted by molar-refractivity contribution is 7.91. The molecule has 7 rings (SSSR count). The van der Waals surface area contributed by atoms with Gasteiger partial charge in [0.1, 0.15) is 29.5 Å². The maximum absolute atomic E-state index is 14.4. The van der Waals surface area contributed by atoms with Crippen molar-refractivity contribution in [1.82, 2.24) is 19.9 Å². The van der Waals surface area contributed by atoms with Crippen LogP contribution in [0.2, 0.25) is 0 Å². The van der Waals surface area contributed by atoms with Crippen LogP contribution in [-0.2, 0) is 24.4 Å². The van der Waals surface area contributed by atoms with Gasteiger partial charge in [-0.2, -0.15) is 0 Å². The Morgan fingerprint density at radius 2 is 1.77 bits per heavy atom. The number of aromatic nitrogens is 1. The Hall–Kier alpha value is -4.45. The van der Waals surface area contributed by atoms with Gasteiger partial charge in [-0.1, -0.05) is 55.3 Å². The van der Waals surface area contributed by atoms with Gasteiger partial charge in [-0.05, 0) is 68.9 Å². The molecule has 12 heteroatoms. The second-order valence-corrected chi connectivity index (χ2v) is 15.3. The lowest BCUT2D eigenvalue weighted by atomic mass is 10.0. The number of rotatable bonds is 7. The number of sulfonamides is 1. The summed E-state index contributed by atoms with van der Waals surface area (Å²) in [4.78, 5) is 48.3. The molecule has 0 spiro atoms. The van der Waals surface area contributed by atoms with Gasteiger partial charge in [-0.25, -0.2) is 8.42 Å². The fourth-order valence-corrected chi connectivity index (χ4v) is 8.30. The van der Waals surface area contributed by atoms with Gasteiger partial charge in [0.2, 0.25) is 21.8 Å². The number of allylic oxidation sites excluding steroid dienone is 1. The molecule has 3 aromatic rings. The third kappa shape index (κ3) is 6.76. The molecule has 3 heterocycles. The van der Waals surface area contributed by atoms with E-state index in [1.807, 2.05) is 66.7 Å². The molecule has 11 nitrogen and oxygen atoms in total. The van der Waals surface area contributed by atoms with E-state index < -0.39 is 50.8 Å². The van der Waals surface area contributed by atoms with Gasteiger partial charge in [0.25, 0.3) is 5.91 Å². The fourth-order valence-electron chi connectivity index (χ4n) is 6.93. The Morgan fingerprint density at radius 3 is 2.58 bits per heavy atom. The zero-order valence-corrected chi connectivity index (χ0v) is 27.5. The summed E-state index contributed by atoms with van der Waals surface area (Å²) in [6, 6.07) is 17.4. The van der Waals surface area contributed by atoms with Crippen molar-refractivity contribution >= 4 is 44.3 Å². The highest BCUT2D eigenvalue weighted by Crippen LogP contribution is 2.46. The van der Waals surface area contributed by atoms with Crippen molar-refractivity contribution < 1.29 is 27.5 Å². The summed E-state index contributed by atoms with van der Waals surface area (Å²) in [5.41, 5.74) is 0.166. The van der Waals surface area contributed by atoms with Gasteiger partial charge in [0.15, 0.2) is 0 Å². The number of fused-ring (bicyclic) bond motifs is 3. The molecule has 3 N–H and O–H groups in total. The molecule has 2 aliphatic heterocycles. The van der Waals surface area contributed by atoms with E-state index in [9.17, 15) is 22.8 Å². The Kier molecular flexibility index (Phi) is 8.84. The molecule has 1 aromatic heterocycles. The van der Waals surface area contributed by atoms with Crippen molar-refractivity contribution in [1.29, 1.82) is 0 Å². The van der Waals surface area contributed by atoms with Crippen molar-refractivity contribution in [3.05, 3.63) is 79.0 Å². The molecule has 0 radical (unpaired) electrons. The zero-order chi connectivity index (χ0) is 33.3. The normalized spacial score (nSPS) is 28.6. The van der Waals surface area contributed by atoms with Gasteiger partial charge in [0, 0.05) is 29.6 Å². The number of hydrogen-bond donors (Lipinski definition) is 3. The molecule has 2 aliphatic carbocycles. The fraction of sp³-hybridized carbons (Fsp3) is 0.444. The molecule has 3 fully saturated rings. The topological polar surface area (TPSA) is 147 Å². The van der Waals surface area contributed by atoms with E-state index in [0.717, 1.165) is 42.3 Å². The van der Waals surface area contributed by atoms with Gasteiger partial charge in [0.05, 0.1) is 17.3 Å². The summed E-state index contributed by atoms with van der Waals surface area (Å²) >= 11 is 0. The van der Waals surface area contributed by atoms with Crippen molar-refractivity contribution in [3.63, 3.8) is 0 Å². The number of ether oxygens (including phenoxy) is 1. The predicted octanol–water partition coefficient (Wildman–Crippen LogP) is 4.07. The van der Waals surface area contributed by atoms with Crippen molar-refractivity contribution in [2.75, 3.05) is 11.9 Å². The van der Waals surface area contributed by atoms with E-state index in [0.29, 0.717) is 25.0 Å². The lowest BCUT2D eigenvalue weighted by Crippen LogP contribution is -2.57. The summed E-state index contributed by atoms with van der Waals surface area (Å²) in [6.07, 6.45) is 10.6. The first-order valence-electron chi connectivity index (χ1n) is 16.9. The van der Waals surface area contributed by atoms with Gasteiger partial charge in [-0.3, -0.25) is 24.1 Å². The van der Waals surface area contributed by atoms with E-state index in [2.05, 4.69) is 20.3 Å². The number of nitrogens with one attached hydrogen (secondary N) is 3. The van der Waals surface area contributed by atoms with Crippen LogP contribution in [0, 0.1) is 5.92 Å². The van der Waals surface area contributed by atoms with Crippen LogP contribution < -0.4 is 20.1 Å². The summed E-state index contributed by atoms with van der Waals surface area (Å²) in [5, 5.41) is 6.59. The van der Waals surface area contributed by atoms with Gasteiger partial charge < -0.3 is 20.3 Å². The third-order valence-electron chi connectivity index (χ3n) is 9.86. The van der Waals surface area contributed by atoms with Crippen LogP contribution in [0.5, 0.6) is 5.75 Å². The van der Waals surface area contributed by atoms with Crippen molar-refractivity contribution in [2.24, 2.45) is 5.92 Å². The van der Waals surface area contributed by atoms with E-state index in [1.54, 1.807) is 17.2 Å². The molecule has 0 unspecified atom stereocenters.